The second-order valence-corrected chi connectivity index (χ2v) is 6.96. The summed E-state index contributed by atoms with van der Waals surface area (Å²) >= 11 is 0. The van der Waals surface area contributed by atoms with Crippen LogP contribution >= 0.6 is 0 Å². The van der Waals surface area contributed by atoms with Crippen LogP contribution in [-0.4, -0.2) is 29.3 Å². The van der Waals surface area contributed by atoms with Crippen LogP contribution in [0.15, 0.2) is 24.3 Å². The quantitative estimate of drug-likeness (QED) is 0.838. The molecule has 1 aliphatic rings. The number of likely N-dealkylation sites (tertiary alicyclic amines) is 1. The van der Waals surface area contributed by atoms with Crippen LogP contribution in [0.3, 0.4) is 0 Å². The molecule has 1 aromatic rings. The van der Waals surface area contributed by atoms with E-state index in [4.69, 9.17) is 0 Å². The Morgan fingerprint density at radius 2 is 1.87 bits per heavy atom. The number of hydrogen-bond donors (Lipinski definition) is 1. The van der Waals surface area contributed by atoms with Crippen molar-refractivity contribution in [3.05, 3.63) is 35.4 Å². The Balaban J connectivity index is 1.86. The SMILES string of the molecule is CC(C)CC[C@@H](C)NC(=O)c1ccc(CN2CCCC2=O)cc1. The summed E-state index contributed by atoms with van der Waals surface area (Å²) in [6.45, 7) is 7.92. The molecule has 0 aromatic heterocycles. The van der Waals surface area contributed by atoms with Crippen molar-refractivity contribution in [1.82, 2.24) is 10.2 Å². The summed E-state index contributed by atoms with van der Waals surface area (Å²) in [4.78, 5) is 25.8. The van der Waals surface area contributed by atoms with Crippen molar-refractivity contribution in [2.24, 2.45) is 5.92 Å². The van der Waals surface area contributed by atoms with Gasteiger partial charge in [0.1, 0.15) is 0 Å². The predicted molar refractivity (Wildman–Crippen MR) is 92.1 cm³/mol. The van der Waals surface area contributed by atoms with Gasteiger partial charge in [-0.1, -0.05) is 26.0 Å². The zero-order valence-electron chi connectivity index (χ0n) is 14.5. The molecule has 2 rings (SSSR count). The number of benzene rings is 1. The Morgan fingerprint density at radius 3 is 2.43 bits per heavy atom. The molecule has 1 saturated heterocycles. The fraction of sp³-hybridized carbons (Fsp3) is 0.579. The van der Waals surface area contributed by atoms with Gasteiger partial charge in [0.15, 0.2) is 0 Å². The van der Waals surface area contributed by atoms with Gasteiger partial charge in [-0.2, -0.15) is 0 Å². The van der Waals surface area contributed by atoms with Gasteiger partial charge in [-0.05, 0) is 49.8 Å². The standard InChI is InChI=1S/C19H28N2O2/c1-14(2)6-7-15(3)20-19(23)17-10-8-16(9-11-17)13-21-12-4-5-18(21)22/h8-11,14-15H,4-7,12-13H2,1-3H3,(H,20,23)/t15-/m1/s1. The molecule has 126 valence electrons. The molecule has 0 aliphatic carbocycles. The summed E-state index contributed by atoms with van der Waals surface area (Å²) in [6.07, 6.45) is 3.73. The number of carbonyl (C=O) groups excluding carboxylic acids is 2. The first kappa shape index (κ1) is 17.5. The molecule has 1 heterocycles. The normalized spacial score (nSPS) is 16.0. The molecule has 1 N–H and O–H groups in total. The zero-order valence-corrected chi connectivity index (χ0v) is 14.5. The monoisotopic (exact) mass is 316 g/mol. The first-order chi connectivity index (χ1) is 11.0. The van der Waals surface area contributed by atoms with Gasteiger partial charge < -0.3 is 10.2 Å². The van der Waals surface area contributed by atoms with E-state index in [-0.39, 0.29) is 17.9 Å². The van der Waals surface area contributed by atoms with Crippen molar-refractivity contribution >= 4 is 11.8 Å². The summed E-state index contributed by atoms with van der Waals surface area (Å²) in [5, 5.41) is 3.05. The van der Waals surface area contributed by atoms with Crippen molar-refractivity contribution in [3.63, 3.8) is 0 Å². The molecule has 0 radical (unpaired) electrons. The molecule has 0 spiro atoms. The molecular weight excluding hydrogens is 288 g/mol. The van der Waals surface area contributed by atoms with E-state index in [1.165, 1.54) is 0 Å². The summed E-state index contributed by atoms with van der Waals surface area (Å²) in [5.41, 5.74) is 1.75. The molecule has 1 aliphatic heterocycles. The van der Waals surface area contributed by atoms with Crippen molar-refractivity contribution in [2.75, 3.05) is 6.54 Å². The number of rotatable bonds is 7. The zero-order chi connectivity index (χ0) is 16.8. The Labute approximate surface area is 139 Å². The maximum atomic E-state index is 12.2. The first-order valence-electron chi connectivity index (χ1n) is 8.63. The minimum atomic E-state index is -0.0231. The van der Waals surface area contributed by atoms with Crippen molar-refractivity contribution in [2.45, 2.75) is 59.0 Å². The first-order valence-corrected chi connectivity index (χ1v) is 8.63. The molecule has 0 unspecified atom stereocenters. The van der Waals surface area contributed by atoms with Crippen LogP contribution < -0.4 is 5.32 Å². The Morgan fingerprint density at radius 1 is 1.17 bits per heavy atom. The molecule has 0 saturated carbocycles. The molecule has 1 aromatic carbocycles. The van der Waals surface area contributed by atoms with Gasteiger partial charge >= 0.3 is 0 Å². The molecular formula is C19H28N2O2. The maximum absolute atomic E-state index is 12.2. The van der Waals surface area contributed by atoms with Crippen LogP contribution in [0.1, 0.15) is 62.4 Å². The summed E-state index contributed by atoms with van der Waals surface area (Å²) < 4.78 is 0. The number of nitrogens with zero attached hydrogens (tertiary/aromatic N) is 1. The lowest BCUT2D eigenvalue weighted by atomic mass is 10.0. The van der Waals surface area contributed by atoms with Crippen LogP contribution in [0.2, 0.25) is 0 Å². The third kappa shape index (κ3) is 5.38. The van der Waals surface area contributed by atoms with Crippen LogP contribution in [0.5, 0.6) is 0 Å². The second-order valence-electron chi connectivity index (χ2n) is 6.96. The summed E-state index contributed by atoms with van der Waals surface area (Å²) in [7, 11) is 0. The molecule has 4 heteroatoms. The van der Waals surface area contributed by atoms with Gasteiger partial charge in [0.25, 0.3) is 5.91 Å². The van der Waals surface area contributed by atoms with E-state index in [1.54, 1.807) is 0 Å². The fourth-order valence-corrected chi connectivity index (χ4v) is 2.82. The highest BCUT2D eigenvalue weighted by Crippen LogP contribution is 2.15. The minimum Gasteiger partial charge on any atom is -0.350 e. The highest BCUT2D eigenvalue weighted by Gasteiger charge is 2.20. The van der Waals surface area contributed by atoms with Gasteiger partial charge in [0.05, 0.1) is 0 Å². The van der Waals surface area contributed by atoms with Crippen LogP contribution in [0.25, 0.3) is 0 Å². The predicted octanol–water partition coefficient (Wildman–Crippen LogP) is 3.36. The van der Waals surface area contributed by atoms with Gasteiger partial charge in [0, 0.05) is 31.1 Å². The lowest BCUT2D eigenvalue weighted by Gasteiger charge is -2.17. The molecule has 4 nitrogen and oxygen atoms in total. The smallest absolute Gasteiger partial charge is 0.251 e. The number of hydrogen-bond acceptors (Lipinski definition) is 2. The van der Waals surface area contributed by atoms with Crippen molar-refractivity contribution < 1.29 is 9.59 Å². The minimum absolute atomic E-state index is 0.0231. The molecule has 1 atom stereocenters. The van der Waals surface area contributed by atoms with Crippen LogP contribution in [0.4, 0.5) is 0 Å². The largest absolute Gasteiger partial charge is 0.350 e. The van der Waals surface area contributed by atoms with Crippen molar-refractivity contribution in [1.29, 1.82) is 0 Å². The Kier molecular flexibility index (Phi) is 6.20. The van der Waals surface area contributed by atoms with E-state index in [0.717, 1.165) is 31.4 Å². The number of carbonyl (C=O) groups is 2. The average molecular weight is 316 g/mol. The number of nitrogens with one attached hydrogen (secondary N) is 1. The van der Waals surface area contributed by atoms with Crippen LogP contribution in [-0.2, 0) is 11.3 Å². The van der Waals surface area contributed by atoms with Gasteiger partial charge in [-0.25, -0.2) is 0 Å². The van der Waals surface area contributed by atoms with E-state index >= 15 is 0 Å². The Hall–Kier alpha value is -1.84. The third-order valence-electron chi connectivity index (χ3n) is 4.32. The topological polar surface area (TPSA) is 49.4 Å². The highest BCUT2D eigenvalue weighted by molar-refractivity contribution is 5.94. The third-order valence-corrected chi connectivity index (χ3v) is 4.32. The number of amides is 2. The highest BCUT2D eigenvalue weighted by atomic mass is 16.2. The van der Waals surface area contributed by atoms with Gasteiger partial charge in [-0.15, -0.1) is 0 Å². The lowest BCUT2D eigenvalue weighted by molar-refractivity contribution is -0.128. The fourth-order valence-electron chi connectivity index (χ4n) is 2.82. The molecule has 1 fully saturated rings. The molecule has 2 amide bonds. The van der Waals surface area contributed by atoms with E-state index in [1.807, 2.05) is 36.1 Å². The summed E-state index contributed by atoms with van der Waals surface area (Å²) in [6, 6.07) is 7.77. The molecule has 23 heavy (non-hydrogen) atoms. The van der Waals surface area contributed by atoms with Crippen molar-refractivity contribution in [3.8, 4) is 0 Å². The van der Waals surface area contributed by atoms with Gasteiger partial charge in [-0.3, -0.25) is 9.59 Å². The lowest BCUT2D eigenvalue weighted by Crippen LogP contribution is -2.32. The molecule has 0 bridgehead atoms. The van der Waals surface area contributed by atoms with Gasteiger partial charge in [0.2, 0.25) is 5.91 Å². The Bertz CT molecular complexity index is 537. The summed E-state index contributed by atoms with van der Waals surface area (Å²) in [5.74, 6) is 0.859. The average Bonchev–Trinajstić information content (AvgIpc) is 2.91. The maximum Gasteiger partial charge on any atom is 0.251 e. The van der Waals surface area contributed by atoms with E-state index < -0.39 is 0 Å². The van der Waals surface area contributed by atoms with E-state index in [9.17, 15) is 9.59 Å². The second kappa shape index (κ2) is 8.14. The van der Waals surface area contributed by atoms with E-state index in [0.29, 0.717) is 24.4 Å². The van der Waals surface area contributed by atoms with Crippen LogP contribution in [0, 0.1) is 5.92 Å². The van der Waals surface area contributed by atoms with E-state index in [2.05, 4.69) is 19.2 Å².